The first-order chi connectivity index (χ1) is 10.6. The van der Waals surface area contributed by atoms with Gasteiger partial charge in [0.05, 0.1) is 6.20 Å². The van der Waals surface area contributed by atoms with E-state index in [0.717, 1.165) is 25.5 Å². The van der Waals surface area contributed by atoms with Gasteiger partial charge in [0, 0.05) is 50.9 Å². The molecular weight excluding hydrogens is 421 g/mol. The van der Waals surface area contributed by atoms with Crippen LogP contribution in [0.25, 0.3) is 0 Å². The van der Waals surface area contributed by atoms with Gasteiger partial charge in [0.1, 0.15) is 0 Å². The van der Waals surface area contributed by atoms with Crippen LogP contribution in [-0.2, 0) is 20.0 Å². The van der Waals surface area contributed by atoms with Crippen LogP contribution in [-0.4, -0.2) is 41.3 Å². The van der Waals surface area contributed by atoms with E-state index in [9.17, 15) is 0 Å². The van der Waals surface area contributed by atoms with Crippen molar-refractivity contribution in [2.75, 3.05) is 20.6 Å². The van der Waals surface area contributed by atoms with Gasteiger partial charge in [-0.2, -0.15) is 5.10 Å². The van der Waals surface area contributed by atoms with Crippen LogP contribution in [0.15, 0.2) is 34.9 Å². The Balaban J connectivity index is 0.00000264. The lowest BCUT2D eigenvalue weighted by molar-refractivity contribution is 0.462. The maximum atomic E-state index is 4.37. The van der Waals surface area contributed by atoms with Crippen molar-refractivity contribution in [3.63, 3.8) is 0 Å². The molecular formula is C16H26IN5S. The number of nitrogens with zero attached hydrogens (tertiary/aromatic N) is 4. The Kier molecular flexibility index (Phi) is 8.60. The van der Waals surface area contributed by atoms with Crippen molar-refractivity contribution in [3.05, 3.63) is 40.3 Å². The third-order valence-electron chi connectivity index (χ3n) is 3.49. The van der Waals surface area contributed by atoms with Crippen molar-refractivity contribution < 1.29 is 0 Å². The zero-order chi connectivity index (χ0) is 15.9. The Morgan fingerprint density at radius 3 is 2.87 bits per heavy atom. The largest absolute Gasteiger partial charge is 0.356 e. The van der Waals surface area contributed by atoms with E-state index < -0.39 is 0 Å². The predicted octanol–water partition coefficient (Wildman–Crippen LogP) is 2.99. The van der Waals surface area contributed by atoms with E-state index in [4.69, 9.17) is 0 Å². The summed E-state index contributed by atoms with van der Waals surface area (Å²) < 4.78 is 1.82. The Morgan fingerprint density at radius 1 is 1.52 bits per heavy atom. The molecule has 5 nitrogen and oxygen atoms in total. The number of guanidine groups is 1. The highest BCUT2D eigenvalue weighted by molar-refractivity contribution is 14.0. The summed E-state index contributed by atoms with van der Waals surface area (Å²) in [5, 5.41) is 9.80. The summed E-state index contributed by atoms with van der Waals surface area (Å²) >= 11 is 1.82. The van der Waals surface area contributed by atoms with E-state index in [1.165, 1.54) is 10.4 Å². The number of halogens is 1. The molecule has 0 radical (unpaired) electrons. The van der Waals surface area contributed by atoms with Gasteiger partial charge < -0.3 is 10.2 Å². The Bertz CT molecular complexity index is 593. The van der Waals surface area contributed by atoms with Crippen LogP contribution < -0.4 is 5.32 Å². The summed E-state index contributed by atoms with van der Waals surface area (Å²) in [6.45, 7) is 3.98. The van der Waals surface area contributed by atoms with E-state index in [1.54, 1.807) is 0 Å². The molecule has 0 aromatic carbocycles. The number of aliphatic imine (C=N–C) groups is 1. The molecule has 7 heteroatoms. The monoisotopic (exact) mass is 447 g/mol. The zero-order valence-electron chi connectivity index (χ0n) is 14.2. The maximum Gasteiger partial charge on any atom is 0.193 e. The van der Waals surface area contributed by atoms with Gasteiger partial charge in [0.25, 0.3) is 0 Å². The lowest BCUT2D eigenvalue weighted by Gasteiger charge is -2.23. The first kappa shape index (κ1) is 20.0. The van der Waals surface area contributed by atoms with Gasteiger partial charge in [-0.1, -0.05) is 13.0 Å². The SMILES string of the molecule is CN=C(NCC(C)Cc1cccs1)N(C)Cc1cnn(C)c1.I. The minimum Gasteiger partial charge on any atom is -0.356 e. The number of rotatable bonds is 6. The van der Waals surface area contributed by atoms with Crippen LogP contribution in [0.2, 0.25) is 0 Å². The average molecular weight is 447 g/mol. The maximum absolute atomic E-state index is 4.37. The molecule has 0 aliphatic rings. The summed E-state index contributed by atoms with van der Waals surface area (Å²) in [5.41, 5.74) is 1.18. The molecule has 2 rings (SSSR count). The van der Waals surface area contributed by atoms with Crippen molar-refractivity contribution in [1.82, 2.24) is 20.0 Å². The van der Waals surface area contributed by atoms with E-state index in [1.807, 2.05) is 49.6 Å². The molecule has 0 amide bonds. The quantitative estimate of drug-likeness (QED) is 0.421. The predicted molar refractivity (Wildman–Crippen MR) is 109 cm³/mol. The molecule has 0 aliphatic heterocycles. The van der Waals surface area contributed by atoms with Crippen molar-refractivity contribution >= 4 is 41.3 Å². The second kappa shape index (κ2) is 9.92. The molecule has 2 aromatic rings. The highest BCUT2D eigenvalue weighted by Crippen LogP contribution is 2.13. The summed E-state index contributed by atoms with van der Waals surface area (Å²) in [4.78, 5) is 7.92. The van der Waals surface area contributed by atoms with Crippen molar-refractivity contribution in [2.24, 2.45) is 18.0 Å². The van der Waals surface area contributed by atoms with Gasteiger partial charge in [-0.3, -0.25) is 9.67 Å². The smallest absolute Gasteiger partial charge is 0.193 e. The van der Waals surface area contributed by atoms with Crippen molar-refractivity contribution in [1.29, 1.82) is 0 Å². The Labute approximate surface area is 159 Å². The van der Waals surface area contributed by atoms with Crippen LogP contribution >= 0.6 is 35.3 Å². The topological polar surface area (TPSA) is 45.5 Å². The summed E-state index contributed by atoms with van der Waals surface area (Å²) in [6.07, 6.45) is 5.03. The standard InChI is InChI=1S/C16H25N5S.HI/c1-13(8-15-6-5-7-22-15)9-18-16(17-2)20(3)11-14-10-19-21(4)12-14;/h5-7,10,12-13H,8-9,11H2,1-4H3,(H,17,18);1H. The summed E-state index contributed by atoms with van der Waals surface area (Å²) in [7, 11) is 5.81. The first-order valence-corrected chi connectivity index (χ1v) is 8.38. The number of hydrogen-bond donors (Lipinski definition) is 1. The lowest BCUT2D eigenvalue weighted by atomic mass is 10.1. The van der Waals surface area contributed by atoms with Crippen LogP contribution in [0.3, 0.4) is 0 Å². The van der Waals surface area contributed by atoms with Crippen molar-refractivity contribution in [3.8, 4) is 0 Å². The van der Waals surface area contributed by atoms with Gasteiger partial charge in [0.2, 0.25) is 0 Å². The van der Waals surface area contributed by atoms with Crippen molar-refractivity contribution in [2.45, 2.75) is 19.9 Å². The van der Waals surface area contributed by atoms with Gasteiger partial charge >= 0.3 is 0 Å². The number of aryl methyl sites for hydroxylation is 1. The van der Waals surface area contributed by atoms with Crippen LogP contribution in [0, 0.1) is 5.92 Å². The molecule has 1 N–H and O–H groups in total. The molecule has 2 heterocycles. The van der Waals surface area contributed by atoms with Gasteiger partial charge in [0.15, 0.2) is 5.96 Å². The Hall–Kier alpha value is -1.09. The van der Waals surface area contributed by atoms with E-state index in [2.05, 4.69) is 44.7 Å². The van der Waals surface area contributed by atoms with Gasteiger partial charge in [-0.05, 0) is 23.8 Å². The van der Waals surface area contributed by atoms with E-state index in [0.29, 0.717) is 5.92 Å². The molecule has 1 unspecified atom stereocenters. The normalized spacial score (nSPS) is 12.6. The Morgan fingerprint density at radius 2 is 2.30 bits per heavy atom. The molecule has 0 bridgehead atoms. The number of hydrogen-bond acceptors (Lipinski definition) is 3. The molecule has 0 saturated carbocycles. The minimum atomic E-state index is 0. The van der Waals surface area contributed by atoms with Crippen LogP contribution in [0.4, 0.5) is 0 Å². The second-order valence-corrected chi connectivity index (χ2v) is 6.73. The third-order valence-corrected chi connectivity index (χ3v) is 4.39. The second-order valence-electron chi connectivity index (χ2n) is 5.70. The summed E-state index contributed by atoms with van der Waals surface area (Å²) in [5.74, 6) is 1.49. The fourth-order valence-electron chi connectivity index (χ4n) is 2.40. The molecule has 0 saturated heterocycles. The molecule has 128 valence electrons. The highest BCUT2D eigenvalue weighted by Gasteiger charge is 2.10. The number of nitrogens with one attached hydrogen (secondary N) is 1. The van der Waals surface area contributed by atoms with Gasteiger partial charge in [-0.25, -0.2) is 0 Å². The molecule has 1 atom stereocenters. The zero-order valence-corrected chi connectivity index (χ0v) is 17.3. The van der Waals surface area contributed by atoms with E-state index in [-0.39, 0.29) is 24.0 Å². The molecule has 23 heavy (non-hydrogen) atoms. The number of thiophene rings is 1. The highest BCUT2D eigenvalue weighted by atomic mass is 127. The molecule has 2 aromatic heterocycles. The fourth-order valence-corrected chi connectivity index (χ4v) is 3.27. The third kappa shape index (κ3) is 6.50. The molecule has 0 aliphatic carbocycles. The first-order valence-electron chi connectivity index (χ1n) is 7.50. The average Bonchev–Trinajstić information content (AvgIpc) is 3.11. The lowest BCUT2D eigenvalue weighted by Crippen LogP contribution is -2.40. The minimum absolute atomic E-state index is 0. The van der Waals surface area contributed by atoms with E-state index >= 15 is 0 Å². The van der Waals surface area contributed by atoms with Crippen LogP contribution in [0.1, 0.15) is 17.4 Å². The summed E-state index contributed by atoms with van der Waals surface area (Å²) in [6, 6.07) is 4.31. The van der Waals surface area contributed by atoms with Gasteiger partial charge in [-0.15, -0.1) is 35.3 Å². The fraction of sp³-hybridized carbons (Fsp3) is 0.500. The molecule has 0 fully saturated rings. The van der Waals surface area contributed by atoms with Crippen LogP contribution in [0.5, 0.6) is 0 Å². The molecule has 0 spiro atoms. The number of aromatic nitrogens is 2.